The van der Waals surface area contributed by atoms with E-state index in [0.717, 1.165) is 22.8 Å². The first-order chi connectivity index (χ1) is 22.6. The van der Waals surface area contributed by atoms with Gasteiger partial charge in [-0.2, -0.15) is 0 Å². The van der Waals surface area contributed by atoms with E-state index < -0.39 is 8.24 Å². The molecule has 0 unspecified atom stereocenters. The van der Waals surface area contributed by atoms with Crippen molar-refractivity contribution < 1.29 is 0 Å². The Balaban J connectivity index is 1.99. The number of rotatable bonds is 12. The Bertz CT molecular complexity index is 1490. The summed E-state index contributed by atoms with van der Waals surface area (Å²) in [5.74, 6) is 0.625. The molecule has 0 aliphatic rings. The summed E-state index contributed by atoms with van der Waals surface area (Å²) in [4.78, 5) is 0. The third-order valence-corrected chi connectivity index (χ3v) is 21.6. The van der Waals surface area contributed by atoms with Gasteiger partial charge in [-0.15, -0.1) is 0 Å². The molecule has 5 rings (SSSR count). The Kier molecular flexibility index (Phi) is 11.6. The molecule has 5 aromatic carbocycles. The quantitative estimate of drug-likeness (QED) is 0.0909. The zero-order valence-corrected chi connectivity index (χ0v) is 34.0. The van der Waals surface area contributed by atoms with Gasteiger partial charge in [0.1, 0.15) is 0 Å². The maximum absolute atomic E-state index is 3.00. The van der Waals surface area contributed by atoms with Gasteiger partial charge in [-0.25, -0.2) is 0 Å². The van der Waals surface area contributed by atoms with E-state index in [0.29, 0.717) is 22.5 Å². The van der Waals surface area contributed by atoms with Crippen molar-refractivity contribution in [2.75, 3.05) is 2.79 Å². The van der Waals surface area contributed by atoms with E-state index >= 15 is 0 Å². The number of hydrogen-bond donors (Lipinski definition) is 0. The van der Waals surface area contributed by atoms with Crippen LogP contribution in [0.25, 0.3) is 0 Å². The second kappa shape index (κ2) is 15.4. The second-order valence-electron chi connectivity index (χ2n) is 14.4. The molecule has 1 nitrogen and oxygen atoms in total. The predicted octanol–water partition coefficient (Wildman–Crippen LogP) is 12.0. The monoisotopic (exact) mass is 743 g/mol. The molecule has 0 saturated carbocycles. The summed E-state index contributed by atoms with van der Waals surface area (Å²) < 4.78 is 3.00. The van der Waals surface area contributed by atoms with E-state index in [9.17, 15) is 0 Å². The van der Waals surface area contributed by atoms with Crippen molar-refractivity contribution in [2.45, 2.75) is 89.8 Å². The van der Waals surface area contributed by atoms with Crippen molar-refractivity contribution in [3.8, 4) is 0 Å². The Hall–Kier alpha value is -3.08. The number of nitrogens with zero attached hydrogens (tertiary/aromatic N) is 1. The molecule has 242 valence electrons. The van der Waals surface area contributed by atoms with Crippen molar-refractivity contribution in [1.82, 2.24) is 0 Å². The van der Waals surface area contributed by atoms with Gasteiger partial charge in [-0.1, -0.05) is 0 Å². The molecule has 3 heteroatoms. The van der Waals surface area contributed by atoms with Gasteiger partial charge in [0.25, 0.3) is 0 Å². The molecule has 0 fully saturated rings. The fraction of sp³-hybridized carbons (Fsp3) is 0.318. The zero-order valence-electron chi connectivity index (χ0n) is 29.7. The zero-order chi connectivity index (χ0) is 33.7. The normalized spacial score (nSPS) is 12.2. The first-order valence-corrected chi connectivity index (χ1v) is 21.2. The van der Waals surface area contributed by atoms with Crippen molar-refractivity contribution >= 4 is 36.7 Å². The molecule has 0 N–H and O–H groups in total. The summed E-state index contributed by atoms with van der Waals surface area (Å²) in [6, 6.07) is 50.2. The number of anilines is 1. The van der Waals surface area contributed by atoms with Crippen molar-refractivity contribution in [1.29, 1.82) is 0 Å². The summed E-state index contributed by atoms with van der Waals surface area (Å²) in [5.41, 5.74) is 13.0. The second-order valence-corrected chi connectivity index (χ2v) is 23.1. The summed E-state index contributed by atoms with van der Waals surface area (Å²) in [5, 5.41) is 0. The molecule has 0 amide bonds. The summed E-state index contributed by atoms with van der Waals surface area (Å²) in [6.45, 7) is 19.8. The molecule has 5 aromatic rings. The molecule has 0 spiro atoms. The fourth-order valence-corrected chi connectivity index (χ4v) is 23.3. The van der Waals surface area contributed by atoms with Gasteiger partial charge in [0, 0.05) is 0 Å². The third-order valence-electron chi connectivity index (χ3n) is 10.4. The maximum atomic E-state index is 3.00. The predicted molar refractivity (Wildman–Crippen MR) is 209 cm³/mol. The fourth-order valence-electron chi connectivity index (χ4n) is 8.47. The van der Waals surface area contributed by atoms with Gasteiger partial charge in [0.05, 0.1) is 0 Å². The van der Waals surface area contributed by atoms with Gasteiger partial charge >= 0.3 is 302 Å². The standard InChI is InChI=1S/C44H52NSi.Sn.H/c1-31(2)39-29-40(42(35-21-13-9-14-22-35)36-23-15-10-16-24-36)44(45-46(32(3)4,33(5)6)34(7)8)41(30-39)43(37-25-17-11-18-26-37)38-27-19-12-20-28-38;;/h9-34,42-43H,1-8H3;;/q-1;+1;. The number of hydrogen-bond acceptors (Lipinski definition) is 1. The van der Waals surface area contributed by atoms with Crippen LogP contribution in [-0.2, 0) is 0 Å². The molecular weight excluding hydrogens is 689 g/mol. The molecular formula is C44H53NSiSn. The van der Waals surface area contributed by atoms with Gasteiger partial charge in [-0.3, -0.25) is 0 Å². The molecule has 0 heterocycles. The molecule has 47 heavy (non-hydrogen) atoms. The van der Waals surface area contributed by atoms with Crippen LogP contribution in [0.2, 0.25) is 16.6 Å². The van der Waals surface area contributed by atoms with Crippen LogP contribution < -0.4 is 2.79 Å². The van der Waals surface area contributed by atoms with E-state index in [1.54, 1.807) is 0 Å². The summed E-state index contributed by atoms with van der Waals surface area (Å²) in [7, 11) is -2.08. The molecule has 0 atom stereocenters. The van der Waals surface area contributed by atoms with Gasteiger partial charge in [0.15, 0.2) is 0 Å². The molecule has 0 saturated heterocycles. The average molecular weight is 743 g/mol. The van der Waals surface area contributed by atoms with Crippen LogP contribution in [0.4, 0.5) is 5.69 Å². The van der Waals surface area contributed by atoms with E-state index in [1.807, 2.05) is 0 Å². The van der Waals surface area contributed by atoms with E-state index in [2.05, 4.69) is 192 Å². The van der Waals surface area contributed by atoms with E-state index in [-0.39, 0.29) is 11.8 Å². The van der Waals surface area contributed by atoms with E-state index in [4.69, 9.17) is 0 Å². The van der Waals surface area contributed by atoms with Crippen LogP contribution >= 0.6 is 0 Å². The minimum atomic E-state index is -2.08. The van der Waals surface area contributed by atoms with Crippen LogP contribution in [0.15, 0.2) is 133 Å². The topological polar surface area (TPSA) is 3.24 Å². The molecule has 0 aromatic heterocycles. The SMILES string of the molecule is CC(C)c1cc(C(c2ccccc2)c2ccccc2)c([N]([SnH])[Si](C(C)C)(C(C)C)C(C)C)c(C(c2ccccc2)c2ccccc2)c1. The van der Waals surface area contributed by atoms with Crippen LogP contribution in [-0.4, -0.2) is 31.0 Å². The first-order valence-electron chi connectivity index (χ1n) is 17.5. The van der Waals surface area contributed by atoms with Crippen LogP contribution in [0.5, 0.6) is 0 Å². The Labute approximate surface area is 300 Å². The van der Waals surface area contributed by atoms with Crippen LogP contribution in [0, 0.1) is 0 Å². The Morgan fingerprint density at radius 3 is 0.936 bits per heavy atom. The van der Waals surface area contributed by atoms with Crippen LogP contribution in [0.1, 0.15) is 112 Å². The molecule has 0 aliphatic heterocycles. The first kappa shape index (κ1) is 35.2. The van der Waals surface area contributed by atoms with Crippen molar-refractivity contribution in [3.63, 3.8) is 0 Å². The van der Waals surface area contributed by atoms with Gasteiger partial charge in [0.2, 0.25) is 0 Å². The Morgan fingerprint density at radius 2 is 0.702 bits per heavy atom. The van der Waals surface area contributed by atoms with Crippen LogP contribution in [0.3, 0.4) is 0 Å². The van der Waals surface area contributed by atoms with E-state index in [1.165, 1.54) is 44.6 Å². The summed E-state index contributed by atoms with van der Waals surface area (Å²) in [6.07, 6.45) is 0. The number of benzene rings is 5. The molecule has 0 aliphatic carbocycles. The van der Waals surface area contributed by atoms with Gasteiger partial charge in [-0.05, 0) is 0 Å². The van der Waals surface area contributed by atoms with Crippen molar-refractivity contribution in [3.05, 3.63) is 172 Å². The van der Waals surface area contributed by atoms with Crippen molar-refractivity contribution in [2.24, 2.45) is 0 Å². The molecule has 2 radical (unpaired) electrons. The summed E-state index contributed by atoms with van der Waals surface area (Å²) >= 11 is 1.05. The third kappa shape index (κ3) is 7.05. The van der Waals surface area contributed by atoms with Gasteiger partial charge < -0.3 is 0 Å². The molecule has 0 bridgehead atoms. The minimum absolute atomic E-state index is 0.116. The average Bonchev–Trinajstić information content (AvgIpc) is 3.06. The Morgan fingerprint density at radius 1 is 0.426 bits per heavy atom.